The predicted octanol–water partition coefficient (Wildman–Crippen LogP) is 5.25. The third kappa shape index (κ3) is 5.19. The molecule has 1 heterocycles. The lowest BCUT2D eigenvalue weighted by Gasteiger charge is -2.10. The van der Waals surface area contributed by atoms with Gasteiger partial charge in [0, 0.05) is 16.5 Å². The maximum Gasteiger partial charge on any atom is 0.343 e. The molecule has 0 fully saturated rings. The Morgan fingerprint density at radius 3 is 2.00 bits per heavy atom. The Morgan fingerprint density at radius 1 is 0.929 bits per heavy atom. The number of hydrogen-bond acceptors (Lipinski definition) is 5. The normalized spacial score (nSPS) is 15.9. The summed E-state index contributed by atoms with van der Waals surface area (Å²) in [7, 11) is 0. The highest BCUT2D eigenvalue weighted by molar-refractivity contribution is 6.31. The highest BCUT2D eigenvalue weighted by atomic mass is 35.5. The van der Waals surface area contributed by atoms with Gasteiger partial charge in [-0.3, -0.25) is 0 Å². The van der Waals surface area contributed by atoms with Crippen molar-refractivity contribution in [2.75, 3.05) is 12.5 Å². The summed E-state index contributed by atoms with van der Waals surface area (Å²) in [6, 6.07) is 12.6. The Balaban J connectivity index is 1.68. The van der Waals surface area contributed by atoms with E-state index in [2.05, 4.69) is 0 Å². The largest absolute Gasteiger partial charge is 0.486 e. The van der Waals surface area contributed by atoms with Crippen molar-refractivity contribution < 1.29 is 23.8 Å². The minimum absolute atomic E-state index is 0.182. The number of rotatable bonds is 6. The van der Waals surface area contributed by atoms with Crippen LogP contribution in [0.1, 0.15) is 27.1 Å². The number of carbonyl (C=O) groups is 2. The highest BCUT2D eigenvalue weighted by Gasteiger charge is 2.29. The fourth-order valence-corrected chi connectivity index (χ4v) is 2.91. The lowest BCUT2D eigenvalue weighted by molar-refractivity contribution is 0.0435. The van der Waals surface area contributed by atoms with Crippen LogP contribution in [-0.4, -0.2) is 30.5 Å². The van der Waals surface area contributed by atoms with Crippen molar-refractivity contribution in [1.82, 2.24) is 0 Å². The third-order valence-electron chi connectivity index (χ3n) is 3.92. The van der Waals surface area contributed by atoms with Gasteiger partial charge in [0.1, 0.15) is 6.10 Å². The van der Waals surface area contributed by atoms with Crippen molar-refractivity contribution in [2.24, 2.45) is 0 Å². The molecule has 3 rings (SSSR count). The van der Waals surface area contributed by atoms with Crippen LogP contribution < -0.4 is 0 Å². The molecule has 0 amide bonds. The highest BCUT2D eigenvalue weighted by Crippen LogP contribution is 2.28. The van der Waals surface area contributed by atoms with Crippen molar-refractivity contribution in [3.8, 4) is 0 Å². The lowest BCUT2D eigenvalue weighted by atomic mass is 10.2. The Hall–Kier alpha value is -2.21. The zero-order chi connectivity index (χ0) is 20.1. The molecule has 0 aliphatic carbocycles. The number of benzene rings is 2. The Kier molecular flexibility index (Phi) is 6.83. The summed E-state index contributed by atoms with van der Waals surface area (Å²) < 4.78 is 16.3. The molecule has 0 N–H and O–H groups in total. The summed E-state index contributed by atoms with van der Waals surface area (Å²) in [5.74, 6) is -0.362. The average molecular weight is 442 g/mol. The van der Waals surface area contributed by atoms with Crippen LogP contribution >= 0.6 is 34.8 Å². The second-order valence-corrected chi connectivity index (χ2v) is 7.11. The SMILES string of the molecule is O=C(OCC1=C(OC(=O)c2ccc(Cl)cc2)C[C@H](CCl)O1)c1ccc(Cl)cc1. The molecule has 0 unspecified atom stereocenters. The van der Waals surface area contributed by atoms with Crippen molar-refractivity contribution in [3.05, 3.63) is 81.2 Å². The van der Waals surface area contributed by atoms with Crippen LogP contribution in [0.25, 0.3) is 0 Å². The first kappa shape index (κ1) is 20.5. The molecule has 0 radical (unpaired) electrons. The fourth-order valence-electron chi connectivity index (χ4n) is 2.49. The van der Waals surface area contributed by atoms with Crippen LogP contribution in [0.15, 0.2) is 60.0 Å². The van der Waals surface area contributed by atoms with Gasteiger partial charge in [-0.05, 0) is 48.5 Å². The molecule has 0 saturated heterocycles. The summed E-state index contributed by atoms with van der Waals surface area (Å²) in [5, 5.41) is 1.02. The van der Waals surface area contributed by atoms with E-state index in [1.807, 2.05) is 0 Å². The van der Waals surface area contributed by atoms with E-state index in [9.17, 15) is 9.59 Å². The molecule has 1 aliphatic rings. The number of esters is 2. The van der Waals surface area contributed by atoms with E-state index in [4.69, 9.17) is 49.0 Å². The smallest absolute Gasteiger partial charge is 0.343 e. The molecular formula is C20H15Cl3O5. The minimum Gasteiger partial charge on any atom is -0.486 e. The van der Waals surface area contributed by atoms with E-state index >= 15 is 0 Å². The number of ether oxygens (including phenoxy) is 3. The van der Waals surface area contributed by atoms with Crippen molar-refractivity contribution in [2.45, 2.75) is 12.5 Å². The predicted molar refractivity (Wildman–Crippen MR) is 106 cm³/mol. The summed E-state index contributed by atoms with van der Waals surface area (Å²) in [6.07, 6.45) is -0.0599. The van der Waals surface area contributed by atoms with E-state index in [1.54, 1.807) is 48.5 Å². The Bertz CT molecular complexity index is 891. The van der Waals surface area contributed by atoms with E-state index in [1.165, 1.54) is 0 Å². The molecule has 0 spiro atoms. The molecule has 1 aliphatic heterocycles. The standard InChI is InChI=1S/C20H15Cl3O5/c21-10-16-9-17(28-20(25)13-3-7-15(23)8-4-13)18(27-16)11-26-19(24)12-1-5-14(22)6-2-12/h1-8,16H,9-11H2/t16-/m1/s1. The zero-order valence-electron chi connectivity index (χ0n) is 14.5. The number of halogens is 3. The minimum atomic E-state index is -0.563. The molecule has 0 saturated carbocycles. The number of alkyl halides is 1. The molecule has 146 valence electrons. The average Bonchev–Trinajstić information content (AvgIpc) is 3.09. The van der Waals surface area contributed by atoms with Gasteiger partial charge in [-0.1, -0.05) is 23.2 Å². The van der Waals surface area contributed by atoms with Gasteiger partial charge < -0.3 is 14.2 Å². The van der Waals surface area contributed by atoms with Crippen LogP contribution in [0, 0.1) is 0 Å². The molecule has 0 bridgehead atoms. The molecule has 2 aromatic carbocycles. The molecular weight excluding hydrogens is 427 g/mol. The van der Waals surface area contributed by atoms with E-state index in [0.717, 1.165) is 0 Å². The van der Waals surface area contributed by atoms with Gasteiger partial charge in [0.25, 0.3) is 0 Å². The quantitative estimate of drug-likeness (QED) is 0.453. The first-order valence-corrected chi connectivity index (χ1v) is 9.60. The van der Waals surface area contributed by atoms with Gasteiger partial charge in [-0.2, -0.15) is 0 Å². The van der Waals surface area contributed by atoms with Crippen LogP contribution in [-0.2, 0) is 14.2 Å². The van der Waals surface area contributed by atoms with Crippen LogP contribution in [0.2, 0.25) is 10.0 Å². The first-order valence-electron chi connectivity index (χ1n) is 8.31. The molecule has 1 atom stereocenters. The third-order valence-corrected chi connectivity index (χ3v) is 4.76. The topological polar surface area (TPSA) is 61.8 Å². The lowest BCUT2D eigenvalue weighted by Crippen LogP contribution is -2.12. The molecule has 28 heavy (non-hydrogen) atoms. The molecule has 8 heteroatoms. The Morgan fingerprint density at radius 2 is 1.46 bits per heavy atom. The van der Waals surface area contributed by atoms with Crippen LogP contribution in [0.4, 0.5) is 0 Å². The summed E-state index contributed by atoms with van der Waals surface area (Å²) in [6.45, 7) is -0.182. The molecule has 2 aromatic rings. The van der Waals surface area contributed by atoms with Gasteiger partial charge in [0.15, 0.2) is 18.1 Å². The second kappa shape index (κ2) is 9.32. The first-order chi connectivity index (χ1) is 13.5. The summed E-state index contributed by atoms with van der Waals surface area (Å²) in [5.41, 5.74) is 0.681. The van der Waals surface area contributed by atoms with E-state index < -0.39 is 11.9 Å². The Labute approximate surface area is 176 Å². The fraction of sp³-hybridized carbons (Fsp3) is 0.200. The number of carbonyl (C=O) groups excluding carboxylic acids is 2. The molecule has 5 nitrogen and oxygen atoms in total. The van der Waals surface area contributed by atoms with Crippen molar-refractivity contribution in [3.63, 3.8) is 0 Å². The maximum atomic E-state index is 12.3. The van der Waals surface area contributed by atoms with Crippen LogP contribution in [0.3, 0.4) is 0 Å². The van der Waals surface area contributed by atoms with Crippen molar-refractivity contribution in [1.29, 1.82) is 0 Å². The monoisotopic (exact) mass is 440 g/mol. The summed E-state index contributed by atoms with van der Waals surface area (Å²) in [4.78, 5) is 24.5. The van der Waals surface area contributed by atoms with Crippen molar-refractivity contribution >= 4 is 46.7 Å². The van der Waals surface area contributed by atoms with Gasteiger partial charge in [0.05, 0.1) is 17.0 Å². The maximum absolute atomic E-state index is 12.3. The van der Waals surface area contributed by atoms with Gasteiger partial charge in [0.2, 0.25) is 0 Å². The van der Waals surface area contributed by atoms with E-state index in [-0.39, 0.29) is 30.1 Å². The molecule has 0 aromatic heterocycles. The van der Waals surface area contributed by atoms with Crippen LogP contribution in [0.5, 0.6) is 0 Å². The van der Waals surface area contributed by atoms with Gasteiger partial charge in [-0.15, -0.1) is 11.6 Å². The second-order valence-electron chi connectivity index (χ2n) is 5.92. The van der Waals surface area contributed by atoms with E-state index in [0.29, 0.717) is 27.6 Å². The summed E-state index contributed by atoms with van der Waals surface area (Å²) >= 11 is 17.5. The zero-order valence-corrected chi connectivity index (χ0v) is 16.8. The number of hydrogen-bond donors (Lipinski definition) is 0. The van der Waals surface area contributed by atoms with Gasteiger partial charge >= 0.3 is 11.9 Å². The van der Waals surface area contributed by atoms with Gasteiger partial charge in [-0.25, -0.2) is 9.59 Å².